The molecule has 0 bridgehead atoms. The quantitative estimate of drug-likeness (QED) is 0.535. The Hall–Kier alpha value is -3.70. The summed E-state index contributed by atoms with van der Waals surface area (Å²) >= 11 is 0. The highest BCUT2D eigenvalue weighted by molar-refractivity contribution is 5.64. The number of nitrogens with zero attached hydrogens (tertiary/aromatic N) is 5. The van der Waals surface area contributed by atoms with E-state index in [4.69, 9.17) is 10.00 Å². The predicted octanol–water partition coefficient (Wildman–Crippen LogP) is 4.50. The highest BCUT2D eigenvalue weighted by Gasteiger charge is 2.21. The summed E-state index contributed by atoms with van der Waals surface area (Å²) in [6, 6.07) is 14.8. The number of piperidine rings is 1. The van der Waals surface area contributed by atoms with Crippen LogP contribution in [0.25, 0.3) is 0 Å². The third kappa shape index (κ3) is 5.80. The fraction of sp³-hybridized carbons (Fsp3) is 0.385. The van der Waals surface area contributed by atoms with Gasteiger partial charge in [0.1, 0.15) is 0 Å². The molecular formula is C26H31N7O. The Bertz CT molecular complexity index is 1160. The molecule has 1 aromatic heterocycles. The van der Waals surface area contributed by atoms with E-state index >= 15 is 0 Å². The van der Waals surface area contributed by atoms with Crippen LogP contribution in [-0.4, -0.2) is 46.1 Å². The van der Waals surface area contributed by atoms with Crippen LogP contribution in [-0.2, 0) is 6.54 Å². The van der Waals surface area contributed by atoms with Gasteiger partial charge in [0.15, 0.2) is 0 Å². The Morgan fingerprint density at radius 1 is 1.00 bits per heavy atom. The lowest BCUT2D eigenvalue weighted by atomic mass is 10.0. The third-order valence-electron chi connectivity index (χ3n) is 6.12. The summed E-state index contributed by atoms with van der Waals surface area (Å²) in [5, 5.41) is 15.8. The van der Waals surface area contributed by atoms with Crippen molar-refractivity contribution in [2.45, 2.75) is 46.2 Å². The zero-order chi connectivity index (χ0) is 24.1. The molecule has 4 rings (SSSR count). The second-order valence-electron chi connectivity index (χ2n) is 8.87. The summed E-state index contributed by atoms with van der Waals surface area (Å²) in [7, 11) is 1.56. The van der Waals surface area contributed by atoms with Gasteiger partial charge in [-0.2, -0.15) is 20.2 Å². The van der Waals surface area contributed by atoms with E-state index in [1.54, 1.807) is 7.11 Å². The zero-order valence-corrected chi connectivity index (χ0v) is 20.2. The molecule has 34 heavy (non-hydrogen) atoms. The van der Waals surface area contributed by atoms with E-state index in [9.17, 15) is 0 Å². The Balaban J connectivity index is 1.39. The van der Waals surface area contributed by atoms with Crippen molar-refractivity contribution in [3.8, 4) is 12.1 Å². The topological polar surface area (TPSA) is 99.0 Å². The monoisotopic (exact) mass is 457 g/mol. The van der Waals surface area contributed by atoms with Gasteiger partial charge < -0.3 is 15.4 Å². The minimum Gasteiger partial charge on any atom is -0.467 e. The molecule has 1 aliphatic rings. The van der Waals surface area contributed by atoms with Crippen LogP contribution in [0.1, 0.15) is 40.7 Å². The molecule has 0 aliphatic carbocycles. The first-order valence-corrected chi connectivity index (χ1v) is 11.6. The van der Waals surface area contributed by atoms with Crippen LogP contribution in [0.2, 0.25) is 0 Å². The number of aryl methyl sites for hydroxylation is 3. The first kappa shape index (κ1) is 23.5. The van der Waals surface area contributed by atoms with E-state index in [1.807, 2.05) is 24.3 Å². The molecule has 2 N–H and O–H groups in total. The molecule has 2 aromatic carbocycles. The van der Waals surface area contributed by atoms with Gasteiger partial charge in [-0.25, -0.2) is 0 Å². The zero-order valence-electron chi connectivity index (χ0n) is 20.2. The van der Waals surface area contributed by atoms with Crippen molar-refractivity contribution in [2.75, 3.05) is 30.8 Å². The number of hydrogen-bond donors (Lipinski definition) is 2. The number of likely N-dealkylation sites (tertiary alicyclic amines) is 1. The number of nitrogens with one attached hydrogen (secondary N) is 2. The summed E-state index contributed by atoms with van der Waals surface area (Å²) in [6.07, 6.45) is 1.98. The van der Waals surface area contributed by atoms with Crippen LogP contribution in [0.4, 0.5) is 17.6 Å². The van der Waals surface area contributed by atoms with Crippen LogP contribution >= 0.6 is 0 Å². The van der Waals surface area contributed by atoms with E-state index < -0.39 is 0 Å². The van der Waals surface area contributed by atoms with Crippen molar-refractivity contribution < 1.29 is 4.74 Å². The molecule has 0 saturated carbocycles. The van der Waals surface area contributed by atoms with Gasteiger partial charge in [-0.05, 0) is 62.4 Å². The number of ether oxygens (including phenoxy) is 1. The molecule has 0 spiro atoms. The Labute approximate surface area is 201 Å². The summed E-state index contributed by atoms with van der Waals surface area (Å²) in [5.41, 5.74) is 6.43. The van der Waals surface area contributed by atoms with Crippen molar-refractivity contribution in [2.24, 2.45) is 0 Å². The van der Waals surface area contributed by atoms with Crippen molar-refractivity contribution in [3.05, 3.63) is 64.2 Å². The lowest BCUT2D eigenvalue weighted by Gasteiger charge is -2.32. The SMILES string of the molecule is COc1nc(Nc2c(C)cc(C)cc2C)nc(NC2CCN(Cc3ccc(C#N)cc3)CC2)n1. The molecule has 3 aromatic rings. The minimum atomic E-state index is 0.278. The molecule has 0 atom stereocenters. The molecule has 176 valence electrons. The van der Waals surface area contributed by atoms with Crippen molar-refractivity contribution in [1.82, 2.24) is 19.9 Å². The average Bonchev–Trinajstić information content (AvgIpc) is 2.83. The van der Waals surface area contributed by atoms with Gasteiger partial charge in [-0.1, -0.05) is 29.8 Å². The second kappa shape index (κ2) is 10.5. The maximum Gasteiger partial charge on any atom is 0.322 e. The van der Waals surface area contributed by atoms with Crippen molar-refractivity contribution >= 4 is 17.6 Å². The number of anilines is 3. The second-order valence-corrected chi connectivity index (χ2v) is 8.87. The predicted molar refractivity (Wildman–Crippen MR) is 133 cm³/mol. The third-order valence-corrected chi connectivity index (χ3v) is 6.12. The first-order valence-electron chi connectivity index (χ1n) is 11.6. The van der Waals surface area contributed by atoms with Crippen molar-refractivity contribution in [3.63, 3.8) is 0 Å². The summed E-state index contributed by atoms with van der Waals surface area (Å²) in [4.78, 5) is 15.9. The fourth-order valence-corrected chi connectivity index (χ4v) is 4.42. The van der Waals surface area contributed by atoms with Gasteiger partial charge in [0, 0.05) is 31.4 Å². The highest BCUT2D eigenvalue weighted by Crippen LogP contribution is 2.26. The largest absolute Gasteiger partial charge is 0.467 e. The molecule has 1 fully saturated rings. The lowest BCUT2D eigenvalue weighted by molar-refractivity contribution is 0.211. The van der Waals surface area contributed by atoms with Crippen LogP contribution in [0, 0.1) is 32.1 Å². The maximum absolute atomic E-state index is 8.96. The van der Waals surface area contributed by atoms with Gasteiger partial charge in [-0.15, -0.1) is 0 Å². The number of benzene rings is 2. The Morgan fingerprint density at radius 3 is 2.26 bits per heavy atom. The van der Waals surface area contributed by atoms with Gasteiger partial charge in [0.25, 0.3) is 0 Å². The van der Waals surface area contributed by atoms with E-state index in [0.29, 0.717) is 17.5 Å². The highest BCUT2D eigenvalue weighted by atomic mass is 16.5. The van der Waals surface area contributed by atoms with E-state index in [1.165, 1.54) is 11.1 Å². The Morgan fingerprint density at radius 2 is 1.65 bits per heavy atom. The molecule has 1 aliphatic heterocycles. The molecule has 0 radical (unpaired) electrons. The summed E-state index contributed by atoms with van der Waals surface area (Å²) < 4.78 is 5.33. The fourth-order valence-electron chi connectivity index (χ4n) is 4.42. The molecular weight excluding hydrogens is 426 g/mol. The van der Waals surface area contributed by atoms with Crippen molar-refractivity contribution in [1.29, 1.82) is 5.26 Å². The van der Waals surface area contributed by atoms with Crippen LogP contribution < -0.4 is 15.4 Å². The minimum absolute atomic E-state index is 0.278. The van der Waals surface area contributed by atoms with Crippen LogP contribution in [0.15, 0.2) is 36.4 Å². The number of aromatic nitrogens is 3. The number of rotatable bonds is 7. The van der Waals surface area contributed by atoms with Crippen LogP contribution in [0.5, 0.6) is 6.01 Å². The summed E-state index contributed by atoms with van der Waals surface area (Å²) in [6.45, 7) is 9.09. The van der Waals surface area contributed by atoms with E-state index in [-0.39, 0.29) is 12.1 Å². The van der Waals surface area contributed by atoms with Gasteiger partial charge in [-0.3, -0.25) is 4.90 Å². The Kier molecular flexibility index (Phi) is 7.24. The van der Waals surface area contributed by atoms with Crippen LogP contribution in [0.3, 0.4) is 0 Å². The lowest BCUT2D eigenvalue weighted by Crippen LogP contribution is -2.39. The first-order chi connectivity index (χ1) is 16.4. The average molecular weight is 458 g/mol. The standard InChI is InChI=1S/C26H31N7O/c1-17-13-18(2)23(19(3)14-17)29-25-30-24(31-26(32-25)34-4)28-22-9-11-33(12-10-22)16-21-7-5-20(15-27)6-8-21/h5-8,13-14,22H,9-12,16H2,1-4H3,(H2,28,29,30,31,32). The smallest absolute Gasteiger partial charge is 0.322 e. The molecule has 8 heteroatoms. The molecule has 8 nitrogen and oxygen atoms in total. The van der Waals surface area contributed by atoms with Gasteiger partial charge in [0.2, 0.25) is 11.9 Å². The van der Waals surface area contributed by atoms with Gasteiger partial charge in [0.05, 0.1) is 18.7 Å². The molecule has 0 unspecified atom stereocenters. The molecule has 0 amide bonds. The number of nitriles is 1. The molecule has 2 heterocycles. The van der Waals surface area contributed by atoms with E-state index in [2.05, 4.69) is 69.5 Å². The normalized spacial score (nSPS) is 14.4. The number of hydrogen-bond acceptors (Lipinski definition) is 8. The number of methoxy groups -OCH3 is 1. The van der Waals surface area contributed by atoms with E-state index in [0.717, 1.165) is 49.3 Å². The summed E-state index contributed by atoms with van der Waals surface area (Å²) in [5.74, 6) is 0.977. The maximum atomic E-state index is 8.96. The van der Waals surface area contributed by atoms with Gasteiger partial charge >= 0.3 is 6.01 Å². The molecule has 1 saturated heterocycles.